The lowest BCUT2D eigenvalue weighted by atomic mass is 9.96. The van der Waals surface area contributed by atoms with E-state index in [0.717, 1.165) is 17.5 Å². The van der Waals surface area contributed by atoms with E-state index in [2.05, 4.69) is 15.3 Å². The number of halogens is 4. The zero-order valence-electron chi connectivity index (χ0n) is 14.7. The van der Waals surface area contributed by atoms with Gasteiger partial charge in [-0.2, -0.15) is 0 Å². The molecule has 0 aliphatic heterocycles. The summed E-state index contributed by atoms with van der Waals surface area (Å²) < 4.78 is 28.0. The molecule has 0 fully saturated rings. The fourth-order valence-electron chi connectivity index (χ4n) is 3.09. The van der Waals surface area contributed by atoms with Crippen LogP contribution < -0.4 is 5.32 Å². The highest BCUT2D eigenvalue weighted by Crippen LogP contribution is 2.39. The Morgan fingerprint density at radius 1 is 0.966 bits per heavy atom. The Balaban J connectivity index is 1.89. The number of phenols is 1. The topological polar surface area (TPSA) is 58.0 Å². The molecule has 0 saturated heterocycles. The minimum atomic E-state index is -0.835. The molecule has 8 heteroatoms. The standard InChI is InChI=1S/C21H13Cl2F2N3O/c22-12-8-17(25)21(27-10-12)28-19(14-6-4-13(24)9-16(14)23)15-5-3-11-2-1-7-26-18(11)20(15)29/h1-10,19,29H,(H,27,28). The van der Waals surface area contributed by atoms with E-state index in [1.54, 1.807) is 30.5 Å². The van der Waals surface area contributed by atoms with Crippen molar-refractivity contribution in [3.05, 3.63) is 93.7 Å². The Hall–Kier alpha value is -2.96. The quantitative estimate of drug-likeness (QED) is 0.408. The summed E-state index contributed by atoms with van der Waals surface area (Å²) in [5.41, 5.74) is 1.18. The van der Waals surface area contributed by atoms with Crippen molar-refractivity contribution in [2.45, 2.75) is 6.04 Å². The largest absolute Gasteiger partial charge is 0.505 e. The van der Waals surface area contributed by atoms with E-state index < -0.39 is 17.7 Å². The number of fused-ring (bicyclic) bond motifs is 1. The first-order valence-corrected chi connectivity index (χ1v) is 9.29. The second kappa shape index (κ2) is 7.81. The number of nitrogens with zero attached hydrogens (tertiary/aromatic N) is 2. The van der Waals surface area contributed by atoms with Gasteiger partial charge in [-0.3, -0.25) is 4.98 Å². The van der Waals surface area contributed by atoms with E-state index in [1.165, 1.54) is 18.3 Å². The van der Waals surface area contributed by atoms with Gasteiger partial charge in [-0.15, -0.1) is 0 Å². The Morgan fingerprint density at radius 2 is 1.76 bits per heavy atom. The van der Waals surface area contributed by atoms with E-state index >= 15 is 0 Å². The fraction of sp³-hybridized carbons (Fsp3) is 0.0476. The predicted molar refractivity (Wildman–Crippen MR) is 109 cm³/mol. The molecule has 0 aliphatic carbocycles. The van der Waals surface area contributed by atoms with Crippen LogP contribution in [0.15, 0.2) is 60.9 Å². The zero-order valence-corrected chi connectivity index (χ0v) is 16.2. The highest BCUT2D eigenvalue weighted by molar-refractivity contribution is 6.31. The van der Waals surface area contributed by atoms with Gasteiger partial charge in [0.2, 0.25) is 0 Å². The first-order chi connectivity index (χ1) is 13.9. The SMILES string of the molecule is Oc1c(C(Nc2ncc(Cl)cc2F)c2ccc(F)cc2Cl)ccc2cccnc12. The van der Waals surface area contributed by atoms with Gasteiger partial charge in [-0.05, 0) is 29.8 Å². The van der Waals surface area contributed by atoms with Crippen LogP contribution in [0.5, 0.6) is 5.75 Å². The van der Waals surface area contributed by atoms with E-state index in [4.69, 9.17) is 23.2 Å². The van der Waals surface area contributed by atoms with Gasteiger partial charge in [-0.1, -0.05) is 47.5 Å². The molecule has 2 heterocycles. The minimum Gasteiger partial charge on any atom is -0.505 e. The van der Waals surface area contributed by atoms with Crippen molar-refractivity contribution in [3.63, 3.8) is 0 Å². The Kier molecular flexibility index (Phi) is 5.22. The number of hydrogen-bond acceptors (Lipinski definition) is 4. The number of phenolic OH excluding ortho intramolecular Hbond substituents is 1. The molecule has 0 saturated carbocycles. The highest BCUT2D eigenvalue weighted by atomic mass is 35.5. The molecule has 2 aromatic carbocycles. The molecule has 0 bridgehead atoms. The van der Waals surface area contributed by atoms with Gasteiger partial charge < -0.3 is 10.4 Å². The molecular weight excluding hydrogens is 419 g/mol. The maximum Gasteiger partial charge on any atom is 0.166 e. The Bertz CT molecular complexity index is 1220. The molecule has 29 heavy (non-hydrogen) atoms. The van der Waals surface area contributed by atoms with Crippen LogP contribution in [0.2, 0.25) is 10.0 Å². The molecule has 4 aromatic rings. The Labute approximate surface area is 174 Å². The Morgan fingerprint density at radius 3 is 2.52 bits per heavy atom. The first-order valence-electron chi connectivity index (χ1n) is 8.53. The molecule has 0 amide bonds. The number of anilines is 1. The van der Waals surface area contributed by atoms with Crippen LogP contribution in [-0.4, -0.2) is 15.1 Å². The number of nitrogens with one attached hydrogen (secondary N) is 1. The van der Waals surface area contributed by atoms with Gasteiger partial charge in [0, 0.05) is 28.4 Å². The van der Waals surface area contributed by atoms with Crippen LogP contribution >= 0.6 is 23.2 Å². The molecule has 4 nitrogen and oxygen atoms in total. The van der Waals surface area contributed by atoms with Crippen LogP contribution in [0.1, 0.15) is 17.2 Å². The van der Waals surface area contributed by atoms with Gasteiger partial charge in [0.25, 0.3) is 0 Å². The van der Waals surface area contributed by atoms with Crippen LogP contribution in [0.25, 0.3) is 10.9 Å². The molecule has 2 aromatic heterocycles. The molecule has 0 spiro atoms. The maximum atomic E-state index is 14.4. The third-order valence-electron chi connectivity index (χ3n) is 4.45. The number of aromatic nitrogens is 2. The lowest BCUT2D eigenvalue weighted by Crippen LogP contribution is -2.15. The van der Waals surface area contributed by atoms with Crippen LogP contribution in [-0.2, 0) is 0 Å². The summed E-state index contributed by atoms with van der Waals surface area (Å²) in [7, 11) is 0. The second-order valence-electron chi connectivity index (χ2n) is 6.31. The smallest absolute Gasteiger partial charge is 0.166 e. The van der Waals surface area contributed by atoms with E-state index in [9.17, 15) is 13.9 Å². The summed E-state index contributed by atoms with van der Waals surface area (Å²) in [6.45, 7) is 0. The molecule has 0 aliphatic rings. The van der Waals surface area contributed by atoms with Gasteiger partial charge in [-0.25, -0.2) is 13.8 Å². The van der Waals surface area contributed by atoms with E-state index in [0.29, 0.717) is 16.6 Å². The van der Waals surface area contributed by atoms with Gasteiger partial charge in [0.05, 0.1) is 11.1 Å². The molecular formula is C21H13Cl2F2N3O. The molecule has 1 atom stereocenters. The fourth-order valence-corrected chi connectivity index (χ4v) is 3.52. The summed E-state index contributed by atoms with van der Waals surface area (Å²) >= 11 is 12.0. The number of hydrogen-bond donors (Lipinski definition) is 2. The normalized spacial score (nSPS) is 12.1. The average Bonchev–Trinajstić information content (AvgIpc) is 2.69. The van der Waals surface area contributed by atoms with Gasteiger partial charge >= 0.3 is 0 Å². The number of benzene rings is 2. The van der Waals surface area contributed by atoms with Gasteiger partial charge in [0.15, 0.2) is 11.6 Å². The third kappa shape index (κ3) is 3.81. The van der Waals surface area contributed by atoms with E-state index in [1.807, 2.05) is 0 Å². The monoisotopic (exact) mass is 431 g/mol. The van der Waals surface area contributed by atoms with Crippen molar-refractivity contribution in [1.29, 1.82) is 0 Å². The number of aromatic hydroxyl groups is 1. The van der Waals surface area contributed by atoms with Crippen molar-refractivity contribution in [3.8, 4) is 5.75 Å². The average molecular weight is 432 g/mol. The van der Waals surface area contributed by atoms with Crippen molar-refractivity contribution in [2.75, 3.05) is 5.32 Å². The molecule has 1 unspecified atom stereocenters. The lowest BCUT2D eigenvalue weighted by molar-refractivity contribution is 0.471. The van der Waals surface area contributed by atoms with Crippen molar-refractivity contribution < 1.29 is 13.9 Å². The molecule has 0 radical (unpaired) electrons. The molecule has 2 N–H and O–H groups in total. The third-order valence-corrected chi connectivity index (χ3v) is 4.99. The van der Waals surface area contributed by atoms with Crippen molar-refractivity contribution in [1.82, 2.24) is 9.97 Å². The predicted octanol–water partition coefficient (Wildman–Crippen LogP) is 6.12. The summed E-state index contributed by atoms with van der Waals surface area (Å²) in [5.74, 6) is -1.40. The number of pyridine rings is 2. The molecule has 4 rings (SSSR count). The highest BCUT2D eigenvalue weighted by Gasteiger charge is 2.24. The summed E-state index contributed by atoms with van der Waals surface area (Å²) in [4.78, 5) is 8.19. The van der Waals surface area contributed by atoms with Crippen LogP contribution in [0.4, 0.5) is 14.6 Å². The first kappa shape index (κ1) is 19.4. The molecule has 146 valence electrons. The lowest BCUT2D eigenvalue weighted by Gasteiger charge is -2.23. The summed E-state index contributed by atoms with van der Waals surface area (Å²) in [6, 6.07) is 11.1. The summed E-state index contributed by atoms with van der Waals surface area (Å²) in [5, 5.41) is 14.8. The van der Waals surface area contributed by atoms with Gasteiger partial charge in [0.1, 0.15) is 17.1 Å². The second-order valence-corrected chi connectivity index (χ2v) is 7.15. The summed E-state index contributed by atoms with van der Waals surface area (Å²) in [6.07, 6.45) is 2.84. The van der Waals surface area contributed by atoms with Crippen LogP contribution in [0, 0.1) is 11.6 Å². The van der Waals surface area contributed by atoms with Crippen LogP contribution in [0.3, 0.4) is 0 Å². The maximum absolute atomic E-state index is 14.4. The van der Waals surface area contributed by atoms with Crippen molar-refractivity contribution >= 4 is 39.9 Å². The van der Waals surface area contributed by atoms with E-state index in [-0.39, 0.29) is 21.6 Å². The minimum absolute atomic E-state index is 0.0969. The zero-order chi connectivity index (χ0) is 20.5. The number of rotatable bonds is 4. The van der Waals surface area contributed by atoms with Crippen molar-refractivity contribution in [2.24, 2.45) is 0 Å².